The Labute approximate surface area is 210 Å². The zero-order chi connectivity index (χ0) is 31.4. The second-order valence-electron chi connectivity index (χ2n) is 8.06. The zero-order valence-corrected chi connectivity index (χ0v) is 18.7. The summed E-state index contributed by atoms with van der Waals surface area (Å²) < 4.78 is 230. The normalized spacial score (nSPS) is 14.9. The van der Waals surface area contributed by atoms with Gasteiger partial charge in [-0.3, -0.25) is 0 Å². The van der Waals surface area contributed by atoms with E-state index in [4.69, 9.17) is 0 Å². The number of carbonyl (C=O) groups is 1. The van der Waals surface area contributed by atoms with Crippen LogP contribution in [-0.4, -0.2) is 60.2 Å². The lowest BCUT2D eigenvalue weighted by molar-refractivity contribution is -0.461. The molecule has 19 heteroatoms. The summed E-state index contributed by atoms with van der Waals surface area (Å²) in [6.45, 7) is -2.01. The molecular formula is C21H11F17O2. The summed E-state index contributed by atoms with van der Waals surface area (Å²) in [5.74, 6) is -58.5. The number of carbonyl (C=O) groups excluding carboxylic acids is 1. The molecule has 0 saturated carbocycles. The topological polar surface area (TPSA) is 26.3 Å². The van der Waals surface area contributed by atoms with E-state index in [-0.39, 0.29) is 5.39 Å². The number of hydrogen-bond donors (Lipinski definition) is 0. The fourth-order valence-electron chi connectivity index (χ4n) is 3.11. The number of alkyl halides is 17. The number of esters is 1. The van der Waals surface area contributed by atoms with Gasteiger partial charge in [0.15, 0.2) is 0 Å². The van der Waals surface area contributed by atoms with Crippen molar-refractivity contribution in [1.82, 2.24) is 0 Å². The molecule has 0 aromatic heterocycles. The van der Waals surface area contributed by atoms with Gasteiger partial charge in [0, 0.05) is 0 Å². The van der Waals surface area contributed by atoms with Crippen LogP contribution in [0.3, 0.4) is 0 Å². The summed E-state index contributed by atoms with van der Waals surface area (Å²) in [5, 5.41) is 0.446. The first-order valence-corrected chi connectivity index (χ1v) is 10.1. The van der Waals surface area contributed by atoms with Gasteiger partial charge in [-0.25, -0.2) is 4.79 Å². The van der Waals surface area contributed by atoms with E-state index in [1.54, 1.807) is 0 Å². The summed E-state index contributed by atoms with van der Waals surface area (Å²) >= 11 is 0. The highest BCUT2D eigenvalue weighted by molar-refractivity contribution is 6.04. The average Bonchev–Trinajstić information content (AvgIpc) is 2.81. The molecule has 0 saturated heterocycles. The van der Waals surface area contributed by atoms with Crippen molar-refractivity contribution in [2.45, 2.75) is 54.1 Å². The number of ether oxygens (including phenoxy) is 1. The fraction of sp³-hybridized carbons (Fsp3) is 0.476. The smallest absolute Gasteiger partial charge is 0.460 e. The Balaban J connectivity index is 2.34. The quantitative estimate of drug-likeness (QED) is 0.198. The van der Waals surface area contributed by atoms with E-state index in [2.05, 4.69) is 4.74 Å². The van der Waals surface area contributed by atoms with Crippen molar-refractivity contribution in [2.75, 3.05) is 6.61 Å². The lowest BCUT2D eigenvalue weighted by atomic mass is 9.88. The molecule has 0 spiro atoms. The van der Waals surface area contributed by atoms with Crippen molar-refractivity contribution in [3.8, 4) is 0 Å². The van der Waals surface area contributed by atoms with E-state index in [1.165, 1.54) is 36.4 Å². The van der Waals surface area contributed by atoms with Crippen LogP contribution in [-0.2, 0) is 4.74 Å². The zero-order valence-electron chi connectivity index (χ0n) is 18.7. The van der Waals surface area contributed by atoms with Gasteiger partial charge in [0.05, 0.1) is 18.6 Å². The van der Waals surface area contributed by atoms with Gasteiger partial charge in [-0.1, -0.05) is 36.4 Å². The van der Waals surface area contributed by atoms with E-state index in [0.717, 1.165) is 6.07 Å². The Hall–Kier alpha value is -3.02. The Kier molecular flexibility index (Phi) is 8.14. The van der Waals surface area contributed by atoms with Gasteiger partial charge in [0.2, 0.25) is 0 Å². The molecule has 0 aliphatic rings. The molecule has 0 fully saturated rings. The lowest BCUT2D eigenvalue weighted by Gasteiger charge is -2.42. The van der Waals surface area contributed by atoms with Crippen LogP contribution in [0.4, 0.5) is 74.6 Å². The minimum Gasteiger partial charge on any atom is -0.462 e. The third-order valence-corrected chi connectivity index (χ3v) is 5.45. The van der Waals surface area contributed by atoms with Crippen LogP contribution in [0.5, 0.6) is 0 Å². The standard InChI is InChI=1S/C21H11F17O2/c22-14(23,8-9-40-13(39)12-7-3-5-10-4-1-2-6-11(10)12)15(24,25)16(26,27)17(28,29)18(30,31)19(32,33)20(34,35)21(36,37)38/h1-7H,8-9H2. The largest absolute Gasteiger partial charge is 0.462 e. The van der Waals surface area contributed by atoms with Gasteiger partial charge >= 0.3 is 53.6 Å². The minimum absolute atomic E-state index is 0.0945. The van der Waals surface area contributed by atoms with Gasteiger partial charge in [0.1, 0.15) is 0 Å². The van der Waals surface area contributed by atoms with Crippen LogP contribution in [0.15, 0.2) is 42.5 Å². The van der Waals surface area contributed by atoms with Crippen LogP contribution < -0.4 is 0 Å². The first-order chi connectivity index (χ1) is 17.7. The SMILES string of the molecule is O=C(OCCC(F)(F)C(F)(F)C(F)(F)C(F)(F)C(F)(F)C(F)(F)C(F)(F)C(F)(F)F)c1cccc2ccccc12. The fourth-order valence-corrected chi connectivity index (χ4v) is 3.11. The maximum atomic E-state index is 13.9. The van der Waals surface area contributed by atoms with Crippen LogP contribution in [0, 0.1) is 0 Å². The molecule has 226 valence electrons. The number of fused-ring (bicyclic) bond motifs is 1. The monoisotopic (exact) mass is 618 g/mol. The van der Waals surface area contributed by atoms with E-state index in [0.29, 0.717) is 5.39 Å². The van der Waals surface area contributed by atoms with Crippen LogP contribution >= 0.6 is 0 Å². The van der Waals surface area contributed by atoms with Crippen LogP contribution in [0.25, 0.3) is 10.8 Å². The molecule has 40 heavy (non-hydrogen) atoms. The predicted molar refractivity (Wildman–Crippen MR) is 99.5 cm³/mol. The molecule has 0 aliphatic carbocycles. The van der Waals surface area contributed by atoms with Gasteiger partial charge in [-0.15, -0.1) is 0 Å². The van der Waals surface area contributed by atoms with Crippen molar-refractivity contribution in [2.24, 2.45) is 0 Å². The third kappa shape index (κ3) is 4.77. The van der Waals surface area contributed by atoms with Gasteiger partial charge in [-0.05, 0) is 16.8 Å². The van der Waals surface area contributed by atoms with Crippen molar-refractivity contribution >= 4 is 16.7 Å². The number of halogens is 17. The molecule has 2 rings (SSSR count). The van der Waals surface area contributed by atoms with Gasteiger partial charge in [-0.2, -0.15) is 74.6 Å². The summed E-state index contributed by atoms with van der Waals surface area (Å²) in [6.07, 6.45) is -10.7. The third-order valence-electron chi connectivity index (χ3n) is 5.45. The maximum Gasteiger partial charge on any atom is 0.460 e. The Morgan fingerprint density at radius 3 is 1.48 bits per heavy atom. The molecule has 0 atom stereocenters. The number of benzene rings is 2. The molecule has 2 aromatic rings. The second-order valence-corrected chi connectivity index (χ2v) is 8.06. The molecule has 0 unspecified atom stereocenters. The molecule has 0 amide bonds. The van der Waals surface area contributed by atoms with Crippen molar-refractivity contribution < 1.29 is 84.2 Å². The van der Waals surface area contributed by atoms with Crippen molar-refractivity contribution in [1.29, 1.82) is 0 Å². The number of hydrogen-bond acceptors (Lipinski definition) is 2. The summed E-state index contributed by atoms with van der Waals surface area (Å²) in [5.41, 5.74) is -0.405. The lowest BCUT2D eigenvalue weighted by Crippen LogP contribution is -2.74. The summed E-state index contributed by atoms with van der Waals surface area (Å²) in [6, 6.07) is 9.27. The van der Waals surface area contributed by atoms with E-state index < -0.39 is 72.2 Å². The highest BCUT2D eigenvalue weighted by atomic mass is 19.4. The minimum atomic E-state index is -8.69. The first kappa shape index (κ1) is 33.2. The molecule has 0 aliphatic heterocycles. The predicted octanol–water partition coefficient (Wildman–Crippen LogP) is 8.40. The highest BCUT2D eigenvalue weighted by Crippen LogP contribution is 2.64. The Morgan fingerprint density at radius 2 is 0.975 bits per heavy atom. The molecule has 0 bridgehead atoms. The molecule has 0 N–H and O–H groups in total. The highest BCUT2D eigenvalue weighted by Gasteiger charge is 2.95. The average molecular weight is 618 g/mol. The molecular weight excluding hydrogens is 607 g/mol. The molecule has 0 radical (unpaired) electrons. The summed E-state index contributed by atoms with van der Waals surface area (Å²) in [7, 11) is 0. The molecule has 0 heterocycles. The molecule has 2 nitrogen and oxygen atoms in total. The van der Waals surface area contributed by atoms with Crippen molar-refractivity contribution in [3.63, 3.8) is 0 Å². The molecule has 2 aromatic carbocycles. The number of rotatable bonds is 10. The summed E-state index contributed by atoms with van der Waals surface area (Å²) in [4.78, 5) is 12.1. The Morgan fingerprint density at radius 1 is 0.550 bits per heavy atom. The van der Waals surface area contributed by atoms with E-state index in [9.17, 15) is 79.4 Å². The van der Waals surface area contributed by atoms with Crippen LogP contribution in [0.2, 0.25) is 0 Å². The van der Waals surface area contributed by atoms with E-state index in [1.807, 2.05) is 0 Å². The van der Waals surface area contributed by atoms with Gasteiger partial charge in [0.25, 0.3) is 0 Å². The van der Waals surface area contributed by atoms with E-state index >= 15 is 0 Å². The maximum absolute atomic E-state index is 13.9. The first-order valence-electron chi connectivity index (χ1n) is 10.1. The van der Waals surface area contributed by atoms with Crippen molar-refractivity contribution in [3.05, 3.63) is 48.0 Å². The van der Waals surface area contributed by atoms with Crippen LogP contribution in [0.1, 0.15) is 16.8 Å². The van der Waals surface area contributed by atoms with Gasteiger partial charge < -0.3 is 4.74 Å². The Bertz CT molecular complexity index is 1230. The second kappa shape index (κ2) is 9.81.